The molecule has 1 aliphatic carbocycles. The van der Waals surface area contributed by atoms with Gasteiger partial charge in [-0.05, 0) is 26.3 Å². The molecule has 0 radical (unpaired) electrons. The molecule has 3 heteroatoms. The van der Waals surface area contributed by atoms with Crippen molar-refractivity contribution in [1.82, 2.24) is 4.90 Å². The zero-order valence-corrected chi connectivity index (χ0v) is 9.29. The molecule has 0 heterocycles. The van der Waals surface area contributed by atoms with E-state index in [1.54, 1.807) is 7.11 Å². The highest BCUT2D eigenvalue weighted by atomic mass is 16.5. The van der Waals surface area contributed by atoms with Crippen LogP contribution in [0.15, 0.2) is 0 Å². The molecule has 0 aromatic rings. The molecule has 82 valence electrons. The minimum absolute atomic E-state index is 0.430. The minimum Gasteiger partial charge on any atom is -0.385 e. The molecule has 0 aliphatic heterocycles. The monoisotopic (exact) mass is 199 g/mol. The third-order valence-electron chi connectivity index (χ3n) is 2.94. The number of Topliss-reactive ketones (excluding diaryl/α,β-unsaturated/α-hetero) is 1. The van der Waals surface area contributed by atoms with Crippen molar-refractivity contribution in [2.45, 2.75) is 38.1 Å². The van der Waals surface area contributed by atoms with Gasteiger partial charge in [0, 0.05) is 39.1 Å². The lowest BCUT2D eigenvalue weighted by Crippen LogP contribution is -2.37. The molecule has 0 saturated heterocycles. The van der Waals surface area contributed by atoms with Gasteiger partial charge in [-0.15, -0.1) is 0 Å². The van der Waals surface area contributed by atoms with Gasteiger partial charge in [-0.25, -0.2) is 0 Å². The average molecular weight is 199 g/mol. The molecule has 14 heavy (non-hydrogen) atoms. The Labute approximate surface area is 86.4 Å². The van der Waals surface area contributed by atoms with Crippen molar-refractivity contribution in [3.63, 3.8) is 0 Å². The molecule has 0 N–H and O–H groups in total. The third kappa shape index (κ3) is 3.76. The largest absolute Gasteiger partial charge is 0.385 e. The van der Waals surface area contributed by atoms with E-state index in [4.69, 9.17) is 4.74 Å². The molecule has 0 aromatic heterocycles. The van der Waals surface area contributed by atoms with Gasteiger partial charge in [0.05, 0.1) is 0 Å². The summed E-state index contributed by atoms with van der Waals surface area (Å²) in [7, 11) is 3.84. The van der Waals surface area contributed by atoms with E-state index >= 15 is 0 Å². The number of hydrogen-bond donors (Lipinski definition) is 0. The Morgan fingerprint density at radius 2 is 2.36 bits per heavy atom. The Kier molecular flexibility index (Phi) is 5.12. The van der Waals surface area contributed by atoms with Crippen LogP contribution in [-0.2, 0) is 9.53 Å². The predicted molar refractivity (Wildman–Crippen MR) is 56.4 cm³/mol. The number of carbonyl (C=O) groups excluding carboxylic acids is 1. The fraction of sp³-hybridized carbons (Fsp3) is 0.909. The van der Waals surface area contributed by atoms with Crippen molar-refractivity contribution >= 4 is 5.78 Å². The molecular formula is C11H21NO2. The van der Waals surface area contributed by atoms with Crippen LogP contribution in [0.5, 0.6) is 0 Å². The van der Waals surface area contributed by atoms with Crippen LogP contribution in [-0.4, -0.2) is 44.0 Å². The summed E-state index contributed by atoms with van der Waals surface area (Å²) in [4.78, 5) is 13.6. The van der Waals surface area contributed by atoms with Crippen molar-refractivity contribution in [2.24, 2.45) is 0 Å². The number of nitrogens with zero attached hydrogens (tertiary/aromatic N) is 1. The Morgan fingerprint density at radius 1 is 1.57 bits per heavy atom. The molecule has 1 unspecified atom stereocenters. The lowest BCUT2D eigenvalue weighted by atomic mass is 9.93. The maximum Gasteiger partial charge on any atom is 0.134 e. The first kappa shape index (κ1) is 11.7. The van der Waals surface area contributed by atoms with Gasteiger partial charge in [0.25, 0.3) is 0 Å². The van der Waals surface area contributed by atoms with E-state index in [1.165, 1.54) is 6.42 Å². The van der Waals surface area contributed by atoms with Crippen molar-refractivity contribution in [3.8, 4) is 0 Å². The van der Waals surface area contributed by atoms with E-state index in [-0.39, 0.29) is 0 Å². The summed E-state index contributed by atoms with van der Waals surface area (Å²) < 4.78 is 5.01. The zero-order valence-electron chi connectivity index (χ0n) is 9.29. The van der Waals surface area contributed by atoms with E-state index < -0.39 is 0 Å². The molecule has 1 atom stereocenters. The number of rotatable bonds is 5. The topological polar surface area (TPSA) is 29.5 Å². The van der Waals surface area contributed by atoms with E-state index in [2.05, 4.69) is 11.9 Å². The highest BCUT2D eigenvalue weighted by Gasteiger charge is 2.22. The standard InChI is InChI=1S/C11H21NO2/c1-12(7-4-8-14-2)10-5-3-6-11(13)9-10/h10H,3-9H2,1-2H3. The summed E-state index contributed by atoms with van der Waals surface area (Å²) in [5, 5.41) is 0. The lowest BCUT2D eigenvalue weighted by molar-refractivity contribution is -0.121. The quantitative estimate of drug-likeness (QED) is 0.628. The minimum atomic E-state index is 0.430. The number of methoxy groups -OCH3 is 1. The van der Waals surface area contributed by atoms with Crippen LogP contribution in [0.2, 0.25) is 0 Å². The van der Waals surface area contributed by atoms with Crippen molar-refractivity contribution in [3.05, 3.63) is 0 Å². The fourth-order valence-corrected chi connectivity index (χ4v) is 2.02. The maximum atomic E-state index is 11.3. The van der Waals surface area contributed by atoms with Crippen molar-refractivity contribution < 1.29 is 9.53 Å². The highest BCUT2D eigenvalue weighted by molar-refractivity contribution is 5.79. The van der Waals surface area contributed by atoms with Crippen LogP contribution >= 0.6 is 0 Å². The van der Waals surface area contributed by atoms with E-state index in [0.717, 1.165) is 38.8 Å². The van der Waals surface area contributed by atoms with Crippen LogP contribution in [0.1, 0.15) is 32.1 Å². The maximum absolute atomic E-state index is 11.3. The number of ketones is 1. The lowest BCUT2D eigenvalue weighted by Gasteiger charge is -2.30. The van der Waals surface area contributed by atoms with Gasteiger partial charge in [-0.3, -0.25) is 4.79 Å². The first-order valence-corrected chi connectivity index (χ1v) is 5.45. The van der Waals surface area contributed by atoms with Gasteiger partial charge in [0.2, 0.25) is 0 Å². The second-order valence-corrected chi connectivity index (χ2v) is 4.12. The molecule has 1 aliphatic rings. The second kappa shape index (κ2) is 6.14. The molecule has 3 nitrogen and oxygen atoms in total. The molecule has 1 saturated carbocycles. The van der Waals surface area contributed by atoms with Gasteiger partial charge in [-0.2, -0.15) is 0 Å². The molecule has 0 amide bonds. The van der Waals surface area contributed by atoms with Gasteiger partial charge in [0.15, 0.2) is 0 Å². The second-order valence-electron chi connectivity index (χ2n) is 4.12. The van der Waals surface area contributed by atoms with Gasteiger partial charge >= 0.3 is 0 Å². The van der Waals surface area contributed by atoms with Crippen LogP contribution in [0.4, 0.5) is 0 Å². The Balaban J connectivity index is 2.21. The molecule has 1 rings (SSSR count). The Morgan fingerprint density at radius 3 is 3.00 bits per heavy atom. The smallest absolute Gasteiger partial charge is 0.134 e. The first-order valence-electron chi connectivity index (χ1n) is 5.45. The summed E-state index contributed by atoms with van der Waals surface area (Å²) in [5.74, 6) is 0.430. The van der Waals surface area contributed by atoms with Gasteiger partial charge < -0.3 is 9.64 Å². The van der Waals surface area contributed by atoms with Crippen molar-refractivity contribution in [2.75, 3.05) is 27.3 Å². The number of carbonyl (C=O) groups is 1. The van der Waals surface area contributed by atoms with Crippen LogP contribution in [0.25, 0.3) is 0 Å². The summed E-state index contributed by atoms with van der Waals surface area (Å²) in [6.07, 6.45) is 4.84. The summed E-state index contributed by atoms with van der Waals surface area (Å²) in [6.45, 7) is 1.84. The third-order valence-corrected chi connectivity index (χ3v) is 2.94. The molecule has 0 spiro atoms. The highest BCUT2D eigenvalue weighted by Crippen LogP contribution is 2.19. The van der Waals surface area contributed by atoms with Crippen LogP contribution in [0, 0.1) is 0 Å². The van der Waals surface area contributed by atoms with Crippen LogP contribution < -0.4 is 0 Å². The SMILES string of the molecule is COCCCN(C)C1CCCC(=O)C1. The van der Waals surface area contributed by atoms with Gasteiger partial charge in [0.1, 0.15) is 5.78 Å². The molecular weight excluding hydrogens is 178 g/mol. The predicted octanol–water partition coefficient (Wildman–Crippen LogP) is 1.47. The first-order chi connectivity index (χ1) is 6.74. The number of ether oxygens (including phenoxy) is 1. The van der Waals surface area contributed by atoms with Crippen LogP contribution in [0.3, 0.4) is 0 Å². The van der Waals surface area contributed by atoms with E-state index in [1.807, 2.05) is 0 Å². The van der Waals surface area contributed by atoms with E-state index in [0.29, 0.717) is 11.8 Å². The molecule has 0 bridgehead atoms. The summed E-state index contributed by atoms with van der Waals surface area (Å²) in [6, 6.07) is 0.480. The normalized spacial score (nSPS) is 23.1. The Bertz CT molecular complexity index is 182. The van der Waals surface area contributed by atoms with Gasteiger partial charge in [-0.1, -0.05) is 0 Å². The zero-order chi connectivity index (χ0) is 10.4. The van der Waals surface area contributed by atoms with Crippen molar-refractivity contribution in [1.29, 1.82) is 0 Å². The Hall–Kier alpha value is -0.410. The van der Waals surface area contributed by atoms with E-state index in [9.17, 15) is 4.79 Å². The summed E-state index contributed by atoms with van der Waals surface area (Å²) >= 11 is 0. The average Bonchev–Trinajstić information content (AvgIpc) is 2.18. The number of hydrogen-bond acceptors (Lipinski definition) is 3. The fourth-order valence-electron chi connectivity index (χ4n) is 2.02. The molecule has 1 fully saturated rings. The molecule has 0 aromatic carbocycles. The summed E-state index contributed by atoms with van der Waals surface area (Å²) in [5.41, 5.74) is 0.